The normalized spacial score (nSPS) is 23.9. The minimum atomic E-state index is -1.22. The number of nitrogens with zero attached hydrogens (tertiary/aromatic N) is 1. The van der Waals surface area contributed by atoms with Crippen LogP contribution in [0.2, 0.25) is 0 Å². The van der Waals surface area contributed by atoms with E-state index < -0.39 is 24.1 Å². The Bertz CT molecular complexity index is 673. The standard InChI is InChI=1S/C16H19N3O4/c1-17-7-6-9-2-3-10-11(8-9)16(23)19(15(10)22)12-4-5-13(20)18-14(12)21/h2-3,8,12,14,17,21H,4-7H2,1H3,(H,18,20). The molecule has 2 aliphatic rings. The zero-order valence-electron chi connectivity index (χ0n) is 12.8. The number of likely N-dealkylation sites (N-methyl/N-ethyl adjacent to an activating group) is 1. The number of hydrogen-bond donors (Lipinski definition) is 3. The highest BCUT2D eigenvalue weighted by molar-refractivity contribution is 6.21. The molecule has 23 heavy (non-hydrogen) atoms. The van der Waals surface area contributed by atoms with Crippen LogP contribution < -0.4 is 10.6 Å². The molecule has 0 radical (unpaired) electrons. The Morgan fingerprint density at radius 3 is 2.70 bits per heavy atom. The van der Waals surface area contributed by atoms with Gasteiger partial charge in [0, 0.05) is 6.42 Å². The molecular weight excluding hydrogens is 298 g/mol. The van der Waals surface area contributed by atoms with Crippen molar-refractivity contribution in [1.29, 1.82) is 0 Å². The van der Waals surface area contributed by atoms with Crippen molar-refractivity contribution in [3.63, 3.8) is 0 Å². The van der Waals surface area contributed by atoms with Gasteiger partial charge in [-0.3, -0.25) is 19.3 Å². The third-order valence-corrected chi connectivity index (χ3v) is 4.32. The number of fused-ring (bicyclic) bond motifs is 1. The highest BCUT2D eigenvalue weighted by Gasteiger charge is 2.44. The Morgan fingerprint density at radius 2 is 2.00 bits per heavy atom. The fourth-order valence-electron chi connectivity index (χ4n) is 3.07. The molecule has 3 N–H and O–H groups in total. The van der Waals surface area contributed by atoms with E-state index in [1.54, 1.807) is 12.1 Å². The number of benzene rings is 1. The van der Waals surface area contributed by atoms with Crippen molar-refractivity contribution in [2.75, 3.05) is 13.6 Å². The summed E-state index contributed by atoms with van der Waals surface area (Å²) in [6, 6.07) is 4.51. The van der Waals surface area contributed by atoms with Crippen LogP contribution in [0, 0.1) is 0 Å². The van der Waals surface area contributed by atoms with Crippen LogP contribution in [-0.2, 0) is 11.2 Å². The summed E-state index contributed by atoms with van der Waals surface area (Å²) in [5.74, 6) is -1.10. The molecule has 2 aliphatic heterocycles. The zero-order chi connectivity index (χ0) is 16.6. The van der Waals surface area contributed by atoms with Gasteiger partial charge in [0.05, 0.1) is 17.2 Å². The Kier molecular flexibility index (Phi) is 4.14. The first-order valence-electron chi connectivity index (χ1n) is 7.65. The van der Waals surface area contributed by atoms with Crippen molar-refractivity contribution in [2.45, 2.75) is 31.5 Å². The largest absolute Gasteiger partial charge is 0.372 e. The van der Waals surface area contributed by atoms with Crippen LogP contribution in [0.3, 0.4) is 0 Å². The molecule has 3 amide bonds. The first-order chi connectivity index (χ1) is 11.0. The second kappa shape index (κ2) is 6.10. The molecule has 2 heterocycles. The van der Waals surface area contributed by atoms with Gasteiger partial charge in [0.15, 0.2) is 0 Å². The maximum absolute atomic E-state index is 12.6. The maximum atomic E-state index is 12.6. The second-order valence-corrected chi connectivity index (χ2v) is 5.83. The molecule has 122 valence electrons. The van der Waals surface area contributed by atoms with Crippen molar-refractivity contribution >= 4 is 17.7 Å². The van der Waals surface area contributed by atoms with E-state index in [4.69, 9.17) is 0 Å². The number of aliphatic hydroxyl groups excluding tert-OH is 1. The van der Waals surface area contributed by atoms with Crippen LogP contribution in [-0.4, -0.2) is 53.6 Å². The zero-order valence-corrected chi connectivity index (χ0v) is 12.8. The molecule has 1 aromatic carbocycles. The van der Waals surface area contributed by atoms with Gasteiger partial charge in [-0.2, -0.15) is 0 Å². The minimum absolute atomic E-state index is 0.183. The van der Waals surface area contributed by atoms with Gasteiger partial charge in [-0.15, -0.1) is 0 Å². The van der Waals surface area contributed by atoms with Crippen LogP contribution in [0.5, 0.6) is 0 Å². The molecule has 1 aromatic rings. The van der Waals surface area contributed by atoms with E-state index in [0.29, 0.717) is 11.1 Å². The van der Waals surface area contributed by atoms with Crippen LogP contribution >= 0.6 is 0 Å². The summed E-state index contributed by atoms with van der Waals surface area (Å²) in [6.07, 6.45) is -0.0108. The van der Waals surface area contributed by atoms with E-state index in [2.05, 4.69) is 10.6 Å². The van der Waals surface area contributed by atoms with Crippen molar-refractivity contribution < 1.29 is 19.5 Å². The molecular formula is C16H19N3O4. The van der Waals surface area contributed by atoms with Gasteiger partial charge in [0.25, 0.3) is 11.8 Å². The van der Waals surface area contributed by atoms with E-state index in [1.165, 1.54) is 0 Å². The maximum Gasteiger partial charge on any atom is 0.261 e. The predicted octanol–water partition coefficient (Wildman–Crippen LogP) is -0.358. The summed E-state index contributed by atoms with van der Waals surface area (Å²) in [6.45, 7) is 0.776. The molecule has 7 heteroatoms. The molecule has 0 aliphatic carbocycles. The summed E-state index contributed by atoms with van der Waals surface area (Å²) in [5, 5.41) is 15.4. The highest BCUT2D eigenvalue weighted by Crippen LogP contribution is 2.29. The monoisotopic (exact) mass is 317 g/mol. The predicted molar refractivity (Wildman–Crippen MR) is 81.7 cm³/mol. The van der Waals surface area contributed by atoms with Crippen LogP contribution in [0.4, 0.5) is 0 Å². The summed E-state index contributed by atoms with van der Waals surface area (Å²) in [5.41, 5.74) is 1.69. The Balaban J connectivity index is 1.86. The van der Waals surface area contributed by atoms with E-state index in [0.717, 1.165) is 23.4 Å². The van der Waals surface area contributed by atoms with E-state index in [1.807, 2.05) is 13.1 Å². The number of imide groups is 1. The number of amides is 3. The summed E-state index contributed by atoms with van der Waals surface area (Å²) in [7, 11) is 1.85. The second-order valence-electron chi connectivity index (χ2n) is 5.83. The Morgan fingerprint density at radius 1 is 1.26 bits per heavy atom. The fourth-order valence-corrected chi connectivity index (χ4v) is 3.07. The molecule has 1 fully saturated rings. The molecule has 3 rings (SSSR count). The van der Waals surface area contributed by atoms with Gasteiger partial charge in [0.2, 0.25) is 5.91 Å². The number of hydrogen-bond acceptors (Lipinski definition) is 5. The Labute approximate surface area is 133 Å². The van der Waals surface area contributed by atoms with Crippen LogP contribution in [0.25, 0.3) is 0 Å². The topological polar surface area (TPSA) is 98.7 Å². The smallest absolute Gasteiger partial charge is 0.261 e. The number of rotatable bonds is 4. The molecule has 1 saturated heterocycles. The quantitative estimate of drug-likeness (QED) is 0.659. The molecule has 2 unspecified atom stereocenters. The van der Waals surface area contributed by atoms with Crippen LogP contribution in [0.1, 0.15) is 39.1 Å². The summed E-state index contributed by atoms with van der Waals surface area (Å²) in [4.78, 5) is 37.5. The van der Waals surface area contributed by atoms with Crippen LogP contribution in [0.15, 0.2) is 18.2 Å². The number of carbonyl (C=O) groups is 3. The average Bonchev–Trinajstić information content (AvgIpc) is 2.77. The summed E-state index contributed by atoms with van der Waals surface area (Å²) < 4.78 is 0. The molecule has 0 bridgehead atoms. The third-order valence-electron chi connectivity index (χ3n) is 4.32. The van der Waals surface area contributed by atoms with Crippen molar-refractivity contribution in [3.05, 3.63) is 34.9 Å². The molecule has 2 atom stereocenters. The Hall–Kier alpha value is -2.25. The van der Waals surface area contributed by atoms with E-state index in [9.17, 15) is 19.5 Å². The van der Waals surface area contributed by atoms with Gasteiger partial charge < -0.3 is 15.7 Å². The lowest BCUT2D eigenvalue weighted by molar-refractivity contribution is -0.129. The summed E-state index contributed by atoms with van der Waals surface area (Å²) >= 11 is 0. The first-order valence-corrected chi connectivity index (χ1v) is 7.65. The molecule has 0 saturated carbocycles. The van der Waals surface area contributed by atoms with Gasteiger partial charge in [0.1, 0.15) is 6.23 Å². The lowest BCUT2D eigenvalue weighted by Crippen LogP contribution is -2.57. The number of carbonyl (C=O) groups excluding carboxylic acids is 3. The lowest BCUT2D eigenvalue weighted by atomic mass is 10.0. The first kappa shape index (κ1) is 15.6. The van der Waals surface area contributed by atoms with Gasteiger partial charge in [-0.1, -0.05) is 6.07 Å². The van der Waals surface area contributed by atoms with E-state index >= 15 is 0 Å². The van der Waals surface area contributed by atoms with E-state index in [-0.39, 0.29) is 18.7 Å². The molecule has 0 spiro atoms. The van der Waals surface area contributed by atoms with Gasteiger partial charge in [-0.25, -0.2) is 0 Å². The minimum Gasteiger partial charge on any atom is -0.372 e. The number of piperidine rings is 1. The third kappa shape index (κ3) is 2.73. The SMILES string of the molecule is CNCCc1ccc2c(c1)C(=O)N(C1CCC(=O)NC1O)C2=O. The van der Waals surface area contributed by atoms with Crippen molar-refractivity contribution in [1.82, 2.24) is 15.5 Å². The molecule has 7 nitrogen and oxygen atoms in total. The fraction of sp³-hybridized carbons (Fsp3) is 0.438. The molecule has 0 aromatic heterocycles. The van der Waals surface area contributed by atoms with Crippen molar-refractivity contribution in [3.8, 4) is 0 Å². The van der Waals surface area contributed by atoms with Gasteiger partial charge >= 0.3 is 0 Å². The van der Waals surface area contributed by atoms with Crippen molar-refractivity contribution in [2.24, 2.45) is 0 Å². The lowest BCUT2D eigenvalue weighted by Gasteiger charge is -2.33. The average molecular weight is 317 g/mol. The van der Waals surface area contributed by atoms with Gasteiger partial charge in [-0.05, 0) is 44.1 Å². The number of aliphatic hydroxyl groups is 1. The number of nitrogens with one attached hydrogen (secondary N) is 2. The highest BCUT2D eigenvalue weighted by atomic mass is 16.3.